The van der Waals surface area contributed by atoms with Crippen LogP contribution in [0.4, 0.5) is 0 Å². The lowest BCUT2D eigenvalue weighted by Gasteiger charge is -1.98. The molecule has 0 saturated heterocycles. The molecule has 0 aromatic heterocycles. The van der Waals surface area contributed by atoms with E-state index in [9.17, 15) is 0 Å². The molecule has 0 amide bonds. The van der Waals surface area contributed by atoms with Crippen molar-refractivity contribution in [1.29, 1.82) is 0 Å². The van der Waals surface area contributed by atoms with E-state index < -0.39 is 0 Å². The van der Waals surface area contributed by atoms with E-state index in [1.54, 1.807) is 0 Å². The van der Waals surface area contributed by atoms with E-state index in [4.69, 9.17) is 4.43 Å². The summed E-state index contributed by atoms with van der Waals surface area (Å²) in [7, 11) is -0.111. The van der Waals surface area contributed by atoms with Crippen molar-refractivity contribution in [3.63, 3.8) is 0 Å². The Kier molecular flexibility index (Phi) is 8.34. The van der Waals surface area contributed by atoms with Crippen LogP contribution in [0.5, 0.6) is 0 Å². The molecule has 0 saturated carbocycles. The molecule has 0 unspecified atom stereocenters. The van der Waals surface area contributed by atoms with Gasteiger partial charge in [0.2, 0.25) is 0 Å². The molecule has 0 fully saturated rings. The smallest absolute Gasteiger partial charge is 0.161 e. The van der Waals surface area contributed by atoms with E-state index in [1.165, 1.54) is 25.3 Å². The van der Waals surface area contributed by atoms with Gasteiger partial charge in [-0.25, -0.2) is 0 Å². The Hall–Kier alpha value is 0.177. The monoisotopic (exact) mass is 146 g/mol. The van der Waals surface area contributed by atoms with Crippen molar-refractivity contribution in [2.24, 2.45) is 0 Å². The van der Waals surface area contributed by atoms with Gasteiger partial charge in [-0.1, -0.05) is 26.7 Å². The van der Waals surface area contributed by atoms with Gasteiger partial charge >= 0.3 is 0 Å². The first-order valence-corrected chi connectivity index (χ1v) is 5.57. The van der Waals surface area contributed by atoms with Gasteiger partial charge in [0.25, 0.3) is 0 Å². The molecular weight excluding hydrogens is 128 g/mol. The molecule has 0 aromatic carbocycles. The van der Waals surface area contributed by atoms with Crippen LogP contribution < -0.4 is 0 Å². The van der Waals surface area contributed by atoms with Crippen LogP contribution in [0.15, 0.2) is 0 Å². The van der Waals surface area contributed by atoms with E-state index in [0.29, 0.717) is 0 Å². The van der Waals surface area contributed by atoms with Crippen LogP contribution in [-0.4, -0.2) is 16.4 Å². The number of unbranched alkanes of at least 4 members (excludes halogenated alkanes) is 1. The highest BCUT2D eigenvalue weighted by molar-refractivity contribution is 6.26. The minimum Gasteiger partial charge on any atom is -0.424 e. The SMILES string of the molecule is CCCC[SiH2]OCCC. The summed E-state index contributed by atoms with van der Waals surface area (Å²) >= 11 is 0. The van der Waals surface area contributed by atoms with Crippen LogP contribution in [0.1, 0.15) is 33.1 Å². The fourth-order valence-electron chi connectivity index (χ4n) is 0.701. The number of hydrogen-bond donors (Lipinski definition) is 0. The van der Waals surface area contributed by atoms with Crippen LogP contribution in [0.25, 0.3) is 0 Å². The predicted molar refractivity (Wildman–Crippen MR) is 44.5 cm³/mol. The molecule has 0 rings (SSSR count). The Labute approximate surface area is 60.7 Å². The van der Waals surface area contributed by atoms with Gasteiger partial charge in [0.05, 0.1) is 0 Å². The highest BCUT2D eigenvalue weighted by atomic mass is 28.2. The molecule has 0 aliphatic carbocycles. The van der Waals surface area contributed by atoms with Gasteiger partial charge in [0.15, 0.2) is 9.76 Å². The van der Waals surface area contributed by atoms with Crippen molar-refractivity contribution >= 4 is 9.76 Å². The average Bonchev–Trinajstić information content (AvgIpc) is 1.89. The first kappa shape index (κ1) is 9.18. The molecule has 0 N–H and O–H groups in total. The largest absolute Gasteiger partial charge is 0.424 e. The lowest BCUT2D eigenvalue weighted by atomic mass is 10.4. The summed E-state index contributed by atoms with van der Waals surface area (Å²) in [5.74, 6) is 0. The quantitative estimate of drug-likeness (QED) is 0.409. The van der Waals surface area contributed by atoms with E-state index in [1.807, 2.05) is 0 Å². The summed E-state index contributed by atoms with van der Waals surface area (Å²) in [6.45, 7) is 5.39. The highest BCUT2D eigenvalue weighted by Crippen LogP contribution is 1.93. The zero-order valence-corrected chi connectivity index (χ0v) is 8.07. The third kappa shape index (κ3) is 8.18. The second kappa shape index (κ2) is 8.18. The van der Waals surface area contributed by atoms with E-state index >= 15 is 0 Å². The van der Waals surface area contributed by atoms with E-state index in [2.05, 4.69) is 13.8 Å². The molecule has 0 atom stereocenters. The molecule has 56 valence electrons. The molecule has 0 aliphatic rings. The molecule has 9 heavy (non-hydrogen) atoms. The predicted octanol–water partition coefficient (Wildman–Crippen LogP) is 1.72. The fourth-order valence-corrected chi connectivity index (χ4v) is 2.10. The van der Waals surface area contributed by atoms with Crippen molar-refractivity contribution in [2.75, 3.05) is 6.61 Å². The minimum absolute atomic E-state index is 0.111. The summed E-state index contributed by atoms with van der Waals surface area (Å²) in [5.41, 5.74) is 0. The van der Waals surface area contributed by atoms with E-state index in [0.717, 1.165) is 6.61 Å². The minimum atomic E-state index is -0.111. The molecule has 0 aromatic rings. The normalized spacial score (nSPS) is 11.3. The Balaban J connectivity index is 2.60. The number of hydrogen-bond acceptors (Lipinski definition) is 1. The highest BCUT2D eigenvalue weighted by Gasteiger charge is 1.86. The summed E-state index contributed by atoms with van der Waals surface area (Å²) < 4.78 is 5.42. The van der Waals surface area contributed by atoms with Gasteiger partial charge in [-0.15, -0.1) is 0 Å². The topological polar surface area (TPSA) is 9.23 Å². The Morgan fingerprint density at radius 3 is 2.56 bits per heavy atom. The summed E-state index contributed by atoms with van der Waals surface area (Å²) in [5, 5.41) is 0. The molecular formula is C7H18OSi. The second-order valence-corrected chi connectivity index (χ2v) is 3.84. The molecule has 0 bridgehead atoms. The fraction of sp³-hybridized carbons (Fsp3) is 1.00. The standard InChI is InChI=1S/C7H18OSi/c1-3-5-7-9-8-6-4-2/h3-7,9H2,1-2H3. The second-order valence-electron chi connectivity index (χ2n) is 2.32. The van der Waals surface area contributed by atoms with Crippen LogP contribution in [0, 0.1) is 0 Å². The van der Waals surface area contributed by atoms with Gasteiger partial charge < -0.3 is 4.43 Å². The number of rotatable bonds is 6. The van der Waals surface area contributed by atoms with Crippen molar-refractivity contribution in [1.82, 2.24) is 0 Å². The van der Waals surface area contributed by atoms with Gasteiger partial charge in [-0.2, -0.15) is 0 Å². The van der Waals surface area contributed by atoms with Crippen LogP contribution in [0.2, 0.25) is 6.04 Å². The molecule has 1 nitrogen and oxygen atoms in total. The lowest BCUT2D eigenvalue weighted by molar-refractivity contribution is 0.334. The van der Waals surface area contributed by atoms with Gasteiger partial charge in [-0.3, -0.25) is 0 Å². The molecule has 0 aliphatic heterocycles. The van der Waals surface area contributed by atoms with Gasteiger partial charge in [-0.05, 0) is 12.5 Å². The van der Waals surface area contributed by atoms with E-state index in [-0.39, 0.29) is 9.76 Å². The Bertz CT molecular complexity index is 42.2. The first-order chi connectivity index (χ1) is 4.41. The third-order valence-corrected chi connectivity index (χ3v) is 2.61. The van der Waals surface area contributed by atoms with Crippen molar-refractivity contribution in [3.8, 4) is 0 Å². The van der Waals surface area contributed by atoms with Gasteiger partial charge in [0, 0.05) is 6.61 Å². The maximum atomic E-state index is 5.42. The molecule has 0 radical (unpaired) electrons. The Morgan fingerprint density at radius 1 is 1.22 bits per heavy atom. The molecule has 0 heterocycles. The summed E-state index contributed by atoms with van der Waals surface area (Å²) in [6, 6.07) is 1.37. The van der Waals surface area contributed by atoms with Crippen LogP contribution in [-0.2, 0) is 4.43 Å². The third-order valence-electron chi connectivity index (χ3n) is 1.24. The maximum Gasteiger partial charge on any atom is 0.161 e. The van der Waals surface area contributed by atoms with Crippen molar-refractivity contribution < 1.29 is 4.43 Å². The van der Waals surface area contributed by atoms with Crippen molar-refractivity contribution in [2.45, 2.75) is 39.2 Å². The average molecular weight is 146 g/mol. The molecule has 2 heteroatoms. The zero-order chi connectivity index (χ0) is 6.95. The zero-order valence-electron chi connectivity index (χ0n) is 6.65. The van der Waals surface area contributed by atoms with Crippen LogP contribution in [0.3, 0.4) is 0 Å². The van der Waals surface area contributed by atoms with Gasteiger partial charge in [0.1, 0.15) is 0 Å². The Morgan fingerprint density at radius 2 is 2.00 bits per heavy atom. The summed E-state index contributed by atoms with van der Waals surface area (Å²) in [4.78, 5) is 0. The molecule has 0 spiro atoms. The van der Waals surface area contributed by atoms with Crippen LogP contribution >= 0.6 is 0 Å². The maximum absolute atomic E-state index is 5.42. The first-order valence-electron chi connectivity index (χ1n) is 3.99. The lowest BCUT2D eigenvalue weighted by Crippen LogP contribution is -1.98. The summed E-state index contributed by atoms with van der Waals surface area (Å²) in [6.07, 6.45) is 3.87. The van der Waals surface area contributed by atoms with Crippen molar-refractivity contribution in [3.05, 3.63) is 0 Å².